The van der Waals surface area contributed by atoms with Gasteiger partial charge < -0.3 is 46.7 Å². The second kappa shape index (κ2) is 8.88. The maximum atomic E-state index is 10.3. The fourth-order valence-electron chi connectivity index (χ4n) is 1.84. The molecule has 0 radical (unpaired) electrons. The average molecular weight is 334 g/mol. The molecule has 23 heavy (non-hydrogen) atoms. The molecule has 6 atom stereocenters. The molecule has 132 valence electrons. The van der Waals surface area contributed by atoms with Crippen molar-refractivity contribution < 1.29 is 35.1 Å². The molecule has 0 saturated carbocycles. The van der Waals surface area contributed by atoms with Crippen molar-refractivity contribution in [2.75, 3.05) is 6.61 Å². The lowest BCUT2D eigenvalue weighted by Gasteiger charge is -2.38. The summed E-state index contributed by atoms with van der Waals surface area (Å²) < 4.78 is 4.70. The molecule has 11 heteroatoms. The summed E-state index contributed by atoms with van der Waals surface area (Å²) >= 11 is 0. The molecule has 1 aromatic rings. The fourth-order valence-corrected chi connectivity index (χ4v) is 1.84. The maximum Gasteiger partial charge on any atom is 0.320 e. The van der Waals surface area contributed by atoms with Crippen LogP contribution in [0.2, 0.25) is 0 Å². The van der Waals surface area contributed by atoms with Crippen LogP contribution in [0.15, 0.2) is 12.5 Å². The number of hydrogen-bond acceptors (Lipinski definition) is 9. The Morgan fingerprint density at radius 2 is 2.04 bits per heavy atom. The zero-order chi connectivity index (χ0) is 17.6. The minimum Gasteiger partial charge on any atom is -0.480 e. The highest BCUT2D eigenvalue weighted by molar-refractivity contribution is 5.73. The molecule has 10 N–H and O–H groups in total. The first-order chi connectivity index (χ1) is 10.8. The van der Waals surface area contributed by atoms with Crippen molar-refractivity contribution in [3.8, 4) is 0 Å². The number of ether oxygens (including phenoxy) is 1. The number of carbonyl (C=O) groups is 1. The summed E-state index contributed by atoms with van der Waals surface area (Å²) in [5.41, 5.74) is 11.3. The Hall–Kier alpha value is -1.60. The highest BCUT2D eigenvalue weighted by atomic mass is 16.6. The van der Waals surface area contributed by atoms with Crippen LogP contribution in [0, 0.1) is 0 Å². The SMILES string of the molecule is NC(Cc1cnc[nH]1)C(=O)O.N[C@@H]1[C@@H](O)[C@H](O)[C@@H](CO)O[C@H]1O. The van der Waals surface area contributed by atoms with Gasteiger partial charge in [0, 0.05) is 18.3 Å². The highest BCUT2D eigenvalue weighted by Crippen LogP contribution is 2.17. The Bertz CT molecular complexity index is 467. The molecule has 2 rings (SSSR count). The molecule has 11 nitrogen and oxygen atoms in total. The molecule has 1 aliphatic rings. The number of nitrogens with one attached hydrogen (secondary N) is 1. The molecule has 1 aromatic heterocycles. The first kappa shape index (κ1) is 19.4. The quantitative estimate of drug-likeness (QED) is 0.268. The van der Waals surface area contributed by atoms with Crippen LogP contribution in [0.4, 0.5) is 0 Å². The fraction of sp³-hybridized carbons (Fsp3) is 0.667. The van der Waals surface area contributed by atoms with Gasteiger partial charge in [-0.05, 0) is 0 Å². The molecular weight excluding hydrogens is 312 g/mol. The first-order valence-corrected chi connectivity index (χ1v) is 6.79. The van der Waals surface area contributed by atoms with E-state index >= 15 is 0 Å². The number of aliphatic carboxylic acids is 1. The number of carboxylic acid groups (broad SMARTS) is 1. The van der Waals surface area contributed by atoms with Crippen LogP contribution in [0.3, 0.4) is 0 Å². The van der Waals surface area contributed by atoms with E-state index in [0.717, 1.165) is 5.69 Å². The molecule has 1 fully saturated rings. The third-order valence-corrected chi connectivity index (χ3v) is 3.26. The molecular formula is C12H22N4O7. The minimum atomic E-state index is -1.35. The van der Waals surface area contributed by atoms with Gasteiger partial charge in [0.05, 0.1) is 19.0 Å². The predicted molar refractivity (Wildman–Crippen MR) is 75.9 cm³/mol. The Kier molecular flexibility index (Phi) is 7.51. The van der Waals surface area contributed by atoms with E-state index in [1.165, 1.54) is 6.33 Å². The van der Waals surface area contributed by atoms with E-state index in [1.807, 2.05) is 0 Å². The molecule has 1 aliphatic heterocycles. The summed E-state index contributed by atoms with van der Waals surface area (Å²) in [4.78, 5) is 16.8. The van der Waals surface area contributed by atoms with E-state index in [0.29, 0.717) is 0 Å². The van der Waals surface area contributed by atoms with E-state index in [4.69, 9.17) is 31.5 Å². The van der Waals surface area contributed by atoms with Crippen molar-refractivity contribution in [3.63, 3.8) is 0 Å². The number of aliphatic hydroxyl groups excluding tert-OH is 4. The van der Waals surface area contributed by atoms with E-state index in [1.54, 1.807) is 6.20 Å². The van der Waals surface area contributed by atoms with Crippen LogP contribution in [0.5, 0.6) is 0 Å². The van der Waals surface area contributed by atoms with Crippen molar-refractivity contribution in [1.82, 2.24) is 9.97 Å². The van der Waals surface area contributed by atoms with Crippen molar-refractivity contribution in [3.05, 3.63) is 18.2 Å². The third kappa shape index (κ3) is 5.51. The molecule has 0 bridgehead atoms. The van der Waals surface area contributed by atoms with Crippen LogP contribution in [-0.4, -0.2) is 84.8 Å². The molecule has 0 aliphatic carbocycles. The van der Waals surface area contributed by atoms with Gasteiger partial charge >= 0.3 is 5.97 Å². The summed E-state index contributed by atoms with van der Waals surface area (Å²) in [6.07, 6.45) is -1.52. The molecule has 0 spiro atoms. The summed E-state index contributed by atoms with van der Waals surface area (Å²) in [5, 5.41) is 44.5. The number of aromatic nitrogens is 2. The molecule has 1 unspecified atom stereocenters. The number of nitrogens with two attached hydrogens (primary N) is 2. The largest absolute Gasteiger partial charge is 0.480 e. The smallest absolute Gasteiger partial charge is 0.320 e. The lowest BCUT2D eigenvalue weighted by atomic mass is 9.98. The Labute approximate surface area is 131 Å². The number of hydrogen-bond donors (Lipinski definition) is 8. The Balaban J connectivity index is 0.000000231. The number of carboxylic acids is 1. The second-order valence-corrected chi connectivity index (χ2v) is 5.03. The number of aromatic amines is 1. The molecule has 1 saturated heterocycles. The second-order valence-electron chi connectivity index (χ2n) is 5.03. The average Bonchev–Trinajstić information content (AvgIpc) is 3.02. The van der Waals surface area contributed by atoms with E-state index in [9.17, 15) is 15.0 Å². The predicted octanol–water partition coefficient (Wildman–Crippen LogP) is -3.89. The highest BCUT2D eigenvalue weighted by Gasteiger charge is 2.41. The molecule has 0 aromatic carbocycles. The number of nitrogens with zero attached hydrogens (tertiary/aromatic N) is 1. The van der Waals surface area contributed by atoms with Crippen LogP contribution in [0.25, 0.3) is 0 Å². The van der Waals surface area contributed by atoms with E-state index < -0.39 is 49.3 Å². The van der Waals surface area contributed by atoms with Gasteiger partial charge in [0.1, 0.15) is 24.4 Å². The first-order valence-electron chi connectivity index (χ1n) is 6.79. The minimum absolute atomic E-state index is 0.287. The van der Waals surface area contributed by atoms with Gasteiger partial charge in [-0.15, -0.1) is 0 Å². The standard InChI is InChI=1S/C6H9N3O2.C6H13NO5/c7-5(6(10)11)1-4-2-8-3-9-4;7-3-5(10)4(9)2(1-8)12-6(3)11/h2-3,5H,1,7H2,(H,8,9)(H,10,11);2-6,8-11H,1,7H2/t;2-,3-,4-,5-,6-/m.1/s1. The zero-order valence-corrected chi connectivity index (χ0v) is 12.2. The summed E-state index contributed by atoms with van der Waals surface area (Å²) in [6.45, 7) is -0.470. The Morgan fingerprint density at radius 1 is 1.39 bits per heavy atom. The number of aliphatic hydroxyl groups is 4. The number of imidazole rings is 1. The van der Waals surface area contributed by atoms with Gasteiger partial charge in [-0.2, -0.15) is 0 Å². The van der Waals surface area contributed by atoms with Crippen molar-refractivity contribution in [2.24, 2.45) is 11.5 Å². The summed E-state index contributed by atoms with van der Waals surface area (Å²) in [6, 6.07) is -1.89. The molecule has 0 amide bonds. The summed E-state index contributed by atoms with van der Waals surface area (Å²) in [5.74, 6) is -1.00. The van der Waals surface area contributed by atoms with Crippen LogP contribution >= 0.6 is 0 Å². The maximum absolute atomic E-state index is 10.3. The van der Waals surface area contributed by atoms with Gasteiger partial charge in [-0.25, -0.2) is 4.98 Å². The normalized spacial score (nSPS) is 31.8. The van der Waals surface area contributed by atoms with Crippen molar-refractivity contribution in [2.45, 2.75) is 43.1 Å². The van der Waals surface area contributed by atoms with Gasteiger partial charge in [0.15, 0.2) is 6.29 Å². The van der Waals surface area contributed by atoms with Gasteiger partial charge in [0.25, 0.3) is 0 Å². The van der Waals surface area contributed by atoms with Crippen molar-refractivity contribution in [1.29, 1.82) is 0 Å². The van der Waals surface area contributed by atoms with E-state index in [2.05, 4.69) is 9.97 Å². The van der Waals surface area contributed by atoms with Gasteiger partial charge in [-0.1, -0.05) is 0 Å². The van der Waals surface area contributed by atoms with Gasteiger partial charge in [-0.3, -0.25) is 4.79 Å². The van der Waals surface area contributed by atoms with E-state index in [-0.39, 0.29) is 6.42 Å². The Morgan fingerprint density at radius 3 is 2.52 bits per heavy atom. The summed E-state index contributed by atoms with van der Waals surface area (Å²) in [7, 11) is 0. The van der Waals surface area contributed by atoms with Crippen molar-refractivity contribution >= 4 is 5.97 Å². The lowest BCUT2D eigenvalue weighted by Crippen LogP contribution is -2.61. The van der Waals surface area contributed by atoms with Crippen LogP contribution in [0.1, 0.15) is 5.69 Å². The van der Waals surface area contributed by atoms with Crippen LogP contribution < -0.4 is 11.5 Å². The zero-order valence-electron chi connectivity index (χ0n) is 12.2. The van der Waals surface area contributed by atoms with Gasteiger partial charge in [0.2, 0.25) is 0 Å². The third-order valence-electron chi connectivity index (χ3n) is 3.26. The lowest BCUT2D eigenvalue weighted by molar-refractivity contribution is -0.248. The van der Waals surface area contributed by atoms with Crippen LogP contribution in [-0.2, 0) is 16.0 Å². The number of H-pyrrole nitrogens is 1. The number of rotatable bonds is 4. The topological polar surface area (TPSA) is 208 Å². The monoisotopic (exact) mass is 334 g/mol. The molecule has 2 heterocycles.